The maximum atomic E-state index is 14.4. The van der Waals surface area contributed by atoms with Crippen molar-refractivity contribution in [2.24, 2.45) is 0 Å². The largest absolute Gasteiger partial charge is 0.451 e. The average Bonchev–Trinajstić information content (AvgIpc) is 2.80. The summed E-state index contributed by atoms with van der Waals surface area (Å²) in [6, 6.07) is 0. The summed E-state index contributed by atoms with van der Waals surface area (Å²) in [4.78, 5) is 10.0. The van der Waals surface area contributed by atoms with Crippen molar-refractivity contribution in [1.29, 1.82) is 0 Å². The van der Waals surface area contributed by atoms with Gasteiger partial charge in [-0.05, 0) is 11.6 Å². The van der Waals surface area contributed by atoms with E-state index in [1.165, 1.54) is 7.11 Å². The number of aliphatic hydroxyl groups is 1. The van der Waals surface area contributed by atoms with Gasteiger partial charge in [0.25, 0.3) is 0 Å². The smallest absolute Gasteiger partial charge is 0.394 e. The number of methoxy groups -OCH3 is 1. The summed E-state index contributed by atoms with van der Waals surface area (Å²) in [5, 5.41) is 8.56. The van der Waals surface area contributed by atoms with E-state index in [2.05, 4.69) is 15.0 Å². The number of imidazole rings is 1. The molecule has 0 amide bonds. The molecule has 12 heteroatoms. The first kappa shape index (κ1) is 17.6. The van der Waals surface area contributed by atoms with Crippen LogP contribution in [0.1, 0.15) is 18.5 Å². The van der Waals surface area contributed by atoms with Gasteiger partial charge in [-0.3, -0.25) is 4.57 Å². The molecule has 0 bridgehead atoms. The number of alkyl halides is 4. The molecule has 2 aromatic heterocycles. The minimum absolute atomic E-state index is 0.247. The van der Waals surface area contributed by atoms with Gasteiger partial charge in [0, 0.05) is 13.5 Å². The Morgan fingerprint density at radius 3 is 2.52 bits per heavy atom. The van der Waals surface area contributed by atoms with Crippen LogP contribution in [0, 0.1) is 0 Å². The Hall–Kier alpha value is -1.72. The quantitative estimate of drug-likeness (QED) is 0.627. The van der Waals surface area contributed by atoms with Crippen molar-refractivity contribution < 1.29 is 27.4 Å². The fourth-order valence-electron chi connectivity index (χ4n) is 1.91. The molecule has 0 aromatic carbocycles. The maximum absolute atomic E-state index is 14.4. The minimum Gasteiger partial charge on any atom is -0.394 e. The minimum atomic E-state index is -4.87. The second-order valence-corrected chi connectivity index (χ2v) is 4.90. The number of fused-ring (bicyclic) bond motifs is 1. The van der Waals surface area contributed by atoms with Crippen LogP contribution in [0.4, 0.5) is 23.4 Å². The molecule has 0 radical (unpaired) electrons. The predicted octanol–water partition coefficient (Wildman–Crippen LogP) is 1.95. The molecule has 0 aliphatic heterocycles. The Bertz CT molecular complexity index is 704. The molecule has 2 aromatic rings. The van der Waals surface area contributed by atoms with Crippen molar-refractivity contribution in [3.63, 3.8) is 0 Å². The van der Waals surface area contributed by atoms with Gasteiger partial charge >= 0.3 is 6.18 Å². The van der Waals surface area contributed by atoms with Gasteiger partial charge in [0.2, 0.25) is 11.1 Å². The zero-order valence-corrected chi connectivity index (χ0v) is 12.4. The summed E-state index contributed by atoms with van der Waals surface area (Å²) in [5.74, 6) is -2.10. The van der Waals surface area contributed by atoms with Crippen LogP contribution in [0.2, 0.25) is 5.28 Å². The van der Waals surface area contributed by atoms with Crippen LogP contribution in [0.3, 0.4) is 0 Å². The van der Waals surface area contributed by atoms with Crippen molar-refractivity contribution in [2.45, 2.75) is 25.0 Å². The lowest BCUT2D eigenvalue weighted by molar-refractivity contribution is -0.144. The lowest BCUT2D eigenvalue weighted by atomic mass is 10.2. The van der Waals surface area contributed by atoms with Crippen LogP contribution < -0.4 is 5.73 Å². The Balaban J connectivity index is 2.55. The van der Waals surface area contributed by atoms with Gasteiger partial charge in [0.1, 0.15) is 0 Å². The summed E-state index contributed by atoms with van der Waals surface area (Å²) < 4.78 is 58.2. The fourth-order valence-corrected chi connectivity index (χ4v) is 2.18. The van der Waals surface area contributed by atoms with Crippen LogP contribution in [0.5, 0.6) is 0 Å². The second-order valence-electron chi connectivity index (χ2n) is 4.56. The average molecular weight is 358 g/mol. The van der Waals surface area contributed by atoms with Gasteiger partial charge < -0.3 is 15.6 Å². The molecule has 2 heterocycles. The number of nitrogen functional groups attached to an aromatic ring is 1. The number of hydrogen-bond donors (Lipinski definition) is 2. The number of nitrogens with zero attached hydrogens (tertiary/aromatic N) is 4. The third-order valence-electron chi connectivity index (χ3n) is 3.05. The van der Waals surface area contributed by atoms with E-state index >= 15 is 0 Å². The summed E-state index contributed by atoms with van der Waals surface area (Å²) in [7, 11) is 1.25. The number of aliphatic hydroxyl groups excluding tert-OH is 1. The van der Waals surface area contributed by atoms with Crippen molar-refractivity contribution >= 4 is 28.6 Å². The van der Waals surface area contributed by atoms with Crippen LogP contribution in [-0.4, -0.2) is 44.4 Å². The first-order valence-electron chi connectivity index (χ1n) is 6.24. The summed E-state index contributed by atoms with van der Waals surface area (Å²) >= 11 is 5.77. The van der Waals surface area contributed by atoms with E-state index in [0.29, 0.717) is 4.57 Å². The molecule has 0 aliphatic carbocycles. The third-order valence-corrected chi connectivity index (χ3v) is 3.32. The van der Waals surface area contributed by atoms with E-state index in [0.717, 1.165) is 0 Å². The van der Waals surface area contributed by atoms with Gasteiger partial charge in [-0.15, -0.1) is 0 Å². The molecular weight excluding hydrogens is 346 g/mol. The Kier molecular flexibility index (Phi) is 4.92. The molecule has 0 fully saturated rings. The van der Waals surface area contributed by atoms with Crippen molar-refractivity contribution in [1.82, 2.24) is 19.5 Å². The Morgan fingerprint density at radius 1 is 1.35 bits per heavy atom. The van der Waals surface area contributed by atoms with Gasteiger partial charge in [-0.25, -0.2) is 19.3 Å². The first-order valence-corrected chi connectivity index (χ1v) is 6.62. The maximum Gasteiger partial charge on any atom is 0.451 e. The van der Waals surface area contributed by atoms with Crippen LogP contribution in [0.15, 0.2) is 0 Å². The van der Waals surface area contributed by atoms with E-state index < -0.39 is 47.8 Å². The topological polar surface area (TPSA) is 99.1 Å². The Labute approximate surface area is 132 Å². The zero-order valence-electron chi connectivity index (χ0n) is 11.7. The van der Waals surface area contributed by atoms with Crippen LogP contribution in [-0.2, 0) is 10.9 Å². The van der Waals surface area contributed by atoms with Gasteiger partial charge in [0.15, 0.2) is 23.3 Å². The highest BCUT2D eigenvalue weighted by molar-refractivity contribution is 6.29. The standard InChI is InChI=1S/C11H12ClF4N5O2/c1-23-4(3-22)2-5(13)21-8-6(18-10(21)12)7(17)19-9(20-8)11(14,15)16/h4-5,22H,2-3H2,1H3,(H2,17,19,20). The Morgan fingerprint density at radius 2 is 2.00 bits per heavy atom. The summed E-state index contributed by atoms with van der Waals surface area (Å²) in [6.07, 6.45) is -8.04. The molecule has 0 aliphatic rings. The van der Waals surface area contributed by atoms with Crippen molar-refractivity contribution in [3.8, 4) is 0 Å². The van der Waals surface area contributed by atoms with Crippen LogP contribution >= 0.6 is 11.6 Å². The van der Waals surface area contributed by atoms with Crippen LogP contribution in [0.25, 0.3) is 11.2 Å². The van der Waals surface area contributed by atoms with E-state index in [1.807, 2.05) is 0 Å². The lowest BCUT2D eigenvalue weighted by Gasteiger charge is -2.17. The normalized spacial score (nSPS) is 15.1. The molecule has 7 nitrogen and oxygen atoms in total. The van der Waals surface area contributed by atoms with Gasteiger partial charge in [-0.2, -0.15) is 13.2 Å². The molecule has 2 unspecified atom stereocenters. The SMILES string of the molecule is COC(CO)CC(F)n1c(Cl)nc2c(N)nc(C(F)(F)F)nc21. The lowest BCUT2D eigenvalue weighted by Crippen LogP contribution is -2.21. The highest BCUT2D eigenvalue weighted by atomic mass is 35.5. The predicted molar refractivity (Wildman–Crippen MR) is 72.4 cm³/mol. The highest BCUT2D eigenvalue weighted by Gasteiger charge is 2.36. The van der Waals surface area contributed by atoms with Gasteiger partial charge in [-0.1, -0.05) is 0 Å². The second kappa shape index (κ2) is 6.42. The van der Waals surface area contributed by atoms with Crippen molar-refractivity contribution in [2.75, 3.05) is 19.5 Å². The molecule has 3 N–H and O–H groups in total. The zero-order chi connectivity index (χ0) is 17.4. The summed E-state index contributed by atoms with van der Waals surface area (Å²) in [5.41, 5.74) is 4.68. The molecule has 0 saturated heterocycles. The number of hydrogen-bond acceptors (Lipinski definition) is 6. The number of aromatic nitrogens is 4. The fraction of sp³-hybridized carbons (Fsp3) is 0.545. The molecule has 2 atom stereocenters. The molecule has 0 spiro atoms. The number of anilines is 1. The number of rotatable bonds is 5. The van der Waals surface area contributed by atoms with Gasteiger partial charge in [0.05, 0.1) is 12.7 Å². The van der Waals surface area contributed by atoms with E-state index in [-0.39, 0.29) is 11.9 Å². The molecule has 0 saturated carbocycles. The van der Waals surface area contributed by atoms with E-state index in [9.17, 15) is 17.6 Å². The monoisotopic (exact) mass is 357 g/mol. The van der Waals surface area contributed by atoms with E-state index in [4.69, 9.17) is 27.2 Å². The molecule has 128 valence electrons. The number of halogens is 5. The molecule has 23 heavy (non-hydrogen) atoms. The summed E-state index contributed by atoms with van der Waals surface area (Å²) in [6.45, 7) is -0.480. The molecular formula is C11H12ClF4N5O2. The van der Waals surface area contributed by atoms with E-state index in [1.54, 1.807) is 0 Å². The number of nitrogens with two attached hydrogens (primary N) is 1. The first-order chi connectivity index (χ1) is 10.7. The highest BCUT2D eigenvalue weighted by Crippen LogP contribution is 2.33. The third kappa shape index (κ3) is 3.46. The van der Waals surface area contributed by atoms with Crippen molar-refractivity contribution in [3.05, 3.63) is 11.1 Å². The molecule has 2 rings (SSSR count). The number of ether oxygens (including phenoxy) is 1.